The van der Waals surface area contributed by atoms with Gasteiger partial charge >= 0.3 is 10.2 Å². The highest BCUT2D eigenvalue weighted by atomic mass is 32.2. The Hall–Kier alpha value is -1.77. The first kappa shape index (κ1) is 26.3. The molecule has 2 unspecified atom stereocenters. The summed E-state index contributed by atoms with van der Waals surface area (Å²) in [6.07, 6.45) is 6.72. The lowest BCUT2D eigenvalue weighted by Crippen LogP contribution is -2.24. The summed E-state index contributed by atoms with van der Waals surface area (Å²) in [6.45, 7) is 8.83. The molecule has 0 spiro atoms. The van der Waals surface area contributed by atoms with Crippen LogP contribution in [0.5, 0.6) is 0 Å². The van der Waals surface area contributed by atoms with Crippen LogP contribution in [0, 0.1) is 11.8 Å². The number of carbonyl (C=O) groups is 2. The highest BCUT2D eigenvalue weighted by Gasteiger charge is 2.27. The number of aliphatic imine (C=N–C) groups is 2. The standard InChI is InChI=1S/C21H38N4O4S/c1-5-11-17(4)19(27)13-8-10-15-23-21-20(24-30(28,29)25-21)22-14-9-7-12-18(26)16(3)6-2/h16-17H,5-15H2,1-4H3,(H,22,24)(H,23,25). The van der Waals surface area contributed by atoms with Gasteiger partial charge in [-0.1, -0.05) is 34.1 Å². The minimum atomic E-state index is -3.66. The fourth-order valence-electron chi connectivity index (χ4n) is 3.11. The minimum Gasteiger partial charge on any atom is -0.299 e. The lowest BCUT2D eigenvalue weighted by atomic mass is 9.97. The number of unbranched alkanes of at least 4 members (excludes halogenated alkanes) is 2. The van der Waals surface area contributed by atoms with Gasteiger partial charge in [-0.05, 0) is 38.5 Å². The molecule has 30 heavy (non-hydrogen) atoms. The topological polar surface area (TPSA) is 117 Å². The third kappa shape index (κ3) is 9.82. The summed E-state index contributed by atoms with van der Waals surface area (Å²) in [7, 11) is -3.66. The second-order valence-corrected chi connectivity index (χ2v) is 9.43. The van der Waals surface area contributed by atoms with Crippen molar-refractivity contribution in [3.63, 3.8) is 0 Å². The minimum absolute atomic E-state index is 0.0889. The van der Waals surface area contributed by atoms with E-state index in [4.69, 9.17) is 0 Å². The molecule has 0 aromatic rings. The molecular formula is C21H38N4O4S. The van der Waals surface area contributed by atoms with Crippen molar-refractivity contribution in [1.29, 1.82) is 0 Å². The normalized spacial score (nSPS) is 20.0. The Bertz CT molecular complexity index is 731. The molecule has 0 bridgehead atoms. The maximum absolute atomic E-state index is 12.0. The fourth-order valence-corrected chi connectivity index (χ4v) is 3.99. The maximum atomic E-state index is 12.0. The lowest BCUT2D eigenvalue weighted by molar-refractivity contribution is -0.123. The van der Waals surface area contributed by atoms with Gasteiger partial charge in [-0.2, -0.15) is 8.42 Å². The van der Waals surface area contributed by atoms with E-state index in [0.717, 1.165) is 32.1 Å². The molecule has 0 saturated carbocycles. The first-order valence-electron chi connectivity index (χ1n) is 11.1. The zero-order chi connectivity index (χ0) is 22.6. The summed E-state index contributed by atoms with van der Waals surface area (Å²) in [6, 6.07) is 0. The van der Waals surface area contributed by atoms with Crippen LogP contribution < -0.4 is 9.44 Å². The summed E-state index contributed by atoms with van der Waals surface area (Å²) < 4.78 is 28.3. The lowest BCUT2D eigenvalue weighted by Gasteiger charge is -2.08. The van der Waals surface area contributed by atoms with Crippen LogP contribution in [-0.2, 0) is 19.8 Å². The van der Waals surface area contributed by atoms with Gasteiger partial charge in [0.2, 0.25) is 0 Å². The highest BCUT2D eigenvalue weighted by Crippen LogP contribution is 2.11. The van der Waals surface area contributed by atoms with Gasteiger partial charge in [-0.25, -0.2) is 9.44 Å². The van der Waals surface area contributed by atoms with Crippen LogP contribution in [0.4, 0.5) is 0 Å². The van der Waals surface area contributed by atoms with Gasteiger partial charge in [-0.15, -0.1) is 0 Å². The summed E-state index contributed by atoms with van der Waals surface area (Å²) in [5, 5.41) is 0. The SMILES string of the molecule is CCCC(C)C(=O)CCCCN=C1NS(=O)(=O)NC1=NCCCCC(=O)C(C)CC. The smallest absolute Gasteiger partial charge is 0.299 e. The highest BCUT2D eigenvalue weighted by molar-refractivity contribution is 7.89. The first-order valence-corrected chi connectivity index (χ1v) is 12.6. The zero-order valence-electron chi connectivity index (χ0n) is 18.9. The number of rotatable bonds is 15. The molecule has 0 aliphatic carbocycles. The Labute approximate surface area is 181 Å². The van der Waals surface area contributed by atoms with E-state index in [-0.39, 0.29) is 35.1 Å². The van der Waals surface area contributed by atoms with Gasteiger partial charge < -0.3 is 0 Å². The largest absolute Gasteiger partial charge is 0.324 e. The average molecular weight is 443 g/mol. The molecule has 8 nitrogen and oxygen atoms in total. The van der Waals surface area contributed by atoms with Gasteiger partial charge in [0.05, 0.1) is 0 Å². The van der Waals surface area contributed by atoms with Gasteiger partial charge in [0.15, 0.2) is 11.7 Å². The molecule has 0 aromatic heterocycles. The molecular weight excluding hydrogens is 404 g/mol. The van der Waals surface area contributed by atoms with Crippen LogP contribution in [0.3, 0.4) is 0 Å². The molecule has 1 heterocycles. The van der Waals surface area contributed by atoms with Gasteiger partial charge in [0, 0.05) is 37.8 Å². The van der Waals surface area contributed by atoms with Crippen molar-refractivity contribution in [2.45, 2.75) is 85.5 Å². The van der Waals surface area contributed by atoms with Crippen molar-refractivity contribution in [2.75, 3.05) is 13.1 Å². The van der Waals surface area contributed by atoms with Crippen LogP contribution in [0.2, 0.25) is 0 Å². The van der Waals surface area contributed by atoms with E-state index < -0.39 is 10.2 Å². The molecule has 1 rings (SSSR count). The van der Waals surface area contributed by atoms with Gasteiger partial charge in [-0.3, -0.25) is 19.6 Å². The Morgan fingerprint density at radius 1 is 0.833 bits per heavy atom. The summed E-state index contributed by atoms with van der Waals surface area (Å²) in [5.41, 5.74) is 0. The molecule has 172 valence electrons. The fraction of sp³-hybridized carbons (Fsp3) is 0.810. The maximum Gasteiger partial charge on any atom is 0.324 e. The summed E-state index contributed by atoms with van der Waals surface area (Å²) in [4.78, 5) is 32.4. The average Bonchev–Trinajstić information content (AvgIpc) is 2.99. The quantitative estimate of drug-likeness (QED) is 0.379. The molecule has 1 aliphatic rings. The molecule has 1 saturated heterocycles. The Balaban J connectivity index is 2.44. The van der Waals surface area contributed by atoms with Crippen molar-refractivity contribution in [3.8, 4) is 0 Å². The van der Waals surface area contributed by atoms with Crippen molar-refractivity contribution in [1.82, 2.24) is 9.44 Å². The number of amidine groups is 2. The number of hydrogen-bond acceptors (Lipinski definition) is 6. The number of nitrogens with one attached hydrogen (secondary N) is 2. The Morgan fingerprint density at radius 2 is 1.30 bits per heavy atom. The van der Waals surface area contributed by atoms with Crippen molar-refractivity contribution in [2.24, 2.45) is 21.8 Å². The van der Waals surface area contributed by atoms with E-state index in [9.17, 15) is 18.0 Å². The van der Waals surface area contributed by atoms with Crippen LogP contribution in [0.15, 0.2) is 9.98 Å². The third-order valence-corrected chi connectivity index (χ3v) is 6.25. The second kappa shape index (κ2) is 13.5. The van der Waals surface area contributed by atoms with E-state index in [1.807, 2.05) is 20.8 Å². The van der Waals surface area contributed by atoms with Crippen LogP contribution in [-0.4, -0.2) is 44.7 Å². The molecule has 9 heteroatoms. The number of hydrogen-bond donors (Lipinski definition) is 2. The van der Waals surface area contributed by atoms with E-state index in [2.05, 4.69) is 26.4 Å². The molecule has 0 aromatic carbocycles. The van der Waals surface area contributed by atoms with Gasteiger partial charge in [0.25, 0.3) is 0 Å². The molecule has 2 N–H and O–H groups in total. The first-order chi connectivity index (χ1) is 14.2. The number of carbonyl (C=O) groups excluding carboxylic acids is 2. The van der Waals surface area contributed by atoms with Crippen molar-refractivity contribution in [3.05, 3.63) is 0 Å². The second-order valence-electron chi connectivity index (χ2n) is 8.01. The van der Waals surface area contributed by atoms with E-state index in [0.29, 0.717) is 38.8 Å². The Kier molecular flexibility index (Phi) is 11.8. The zero-order valence-corrected chi connectivity index (χ0v) is 19.7. The van der Waals surface area contributed by atoms with Crippen molar-refractivity contribution < 1.29 is 18.0 Å². The monoisotopic (exact) mass is 442 g/mol. The van der Waals surface area contributed by atoms with Crippen molar-refractivity contribution >= 4 is 33.4 Å². The Morgan fingerprint density at radius 3 is 1.73 bits per heavy atom. The van der Waals surface area contributed by atoms with E-state index in [1.165, 1.54) is 0 Å². The summed E-state index contributed by atoms with van der Waals surface area (Å²) >= 11 is 0. The van der Waals surface area contributed by atoms with Gasteiger partial charge in [0.1, 0.15) is 11.6 Å². The molecule has 2 atom stereocenters. The van der Waals surface area contributed by atoms with E-state index in [1.54, 1.807) is 0 Å². The van der Waals surface area contributed by atoms with Crippen LogP contribution in [0.25, 0.3) is 0 Å². The molecule has 1 aliphatic heterocycles. The third-order valence-electron chi connectivity index (χ3n) is 5.32. The van der Waals surface area contributed by atoms with E-state index >= 15 is 0 Å². The molecule has 0 radical (unpaired) electrons. The molecule has 1 fully saturated rings. The predicted molar refractivity (Wildman–Crippen MR) is 121 cm³/mol. The molecule has 0 amide bonds. The number of Topliss-reactive ketones (excluding diaryl/α,β-unsaturated/α-hetero) is 2. The summed E-state index contributed by atoms with van der Waals surface area (Å²) in [5.74, 6) is 1.17. The van der Waals surface area contributed by atoms with Crippen LogP contribution in [0.1, 0.15) is 85.5 Å². The van der Waals surface area contributed by atoms with Crippen LogP contribution >= 0.6 is 0 Å². The predicted octanol–water partition coefficient (Wildman–Crippen LogP) is 3.18. The number of ketones is 2. The number of nitrogens with zero attached hydrogens (tertiary/aromatic N) is 2.